The van der Waals surface area contributed by atoms with E-state index in [1.54, 1.807) is 0 Å². The number of carbonyl (C=O) groups is 1. The standard InChI is InChI=1S/C15H24O3/c1-9-6-12(15(2,3)18)8-11-7-10(14(16)17)4-5-13(9)11/h7,9,11-13,18H,4-6,8H2,1-3H3,(H,16,17)/t9-,11-,12-,13+/m1/s1. The summed E-state index contributed by atoms with van der Waals surface area (Å²) >= 11 is 0. The van der Waals surface area contributed by atoms with Crippen molar-refractivity contribution in [1.82, 2.24) is 0 Å². The van der Waals surface area contributed by atoms with Crippen LogP contribution in [0.25, 0.3) is 0 Å². The Kier molecular flexibility index (Phi) is 3.54. The average molecular weight is 252 g/mol. The minimum atomic E-state index is -0.772. The van der Waals surface area contributed by atoms with E-state index in [9.17, 15) is 9.90 Å². The molecule has 2 rings (SSSR count). The smallest absolute Gasteiger partial charge is 0.331 e. The molecule has 0 aliphatic heterocycles. The molecule has 0 radical (unpaired) electrons. The number of hydrogen-bond donors (Lipinski definition) is 2. The fourth-order valence-electron chi connectivity index (χ4n) is 3.75. The molecular weight excluding hydrogens is 228 g/mol. The SMILES string of the molecule is C[C@@H]1C[C@@H](C(C)(C)O)C[C@H]2C=C(C(=O)O)CC[C@@H]12. The van der Waals surface area contributed by atoms with Crippen LogP contribution in [0.3, 0.4) is 0 Å². The van der Waals surface area contributed by atoms with E-state index in [0.717, 1.165) is 19.3 Å². The van der Waals surface area contributed by atoms with E-state index in [4.69, 9.17) is 5.11 Å². The molecule has 0 aromatic heterocycles. The van der Waals surface area contributed by atoms with Crippen molar-refractivity contribution in [1.29, 1.82) is 0 Å². The molecule has 0 amide bonds. The lowest BCUT2D eigenvalue weighted by molar-refractivity contribution is -0.133. The van der Waals surface area contributed by atoms with Crippen LogP contribution in [-0.2, 0) is 4.79 Å². The van der Waals surface area contributed by atoms with Gasteiger partial charge in [0.1, 0.15) is 0 Å². The van der Waals surface area contributed by atoms with Crippen LogP contribution in [-0.4, -0.2) is 21.8 Å². The molecule has 102 valence electrons. The van der Waals surface area contributed by atoms with Crippen LogP contribution >= 0.6 is 0 Å². The maximum atomic E-state index is 11.1. The molecule has 0 aromatic carbocycles. The van der Waals surface area contributed by atoms with E-state index in [-0.39, 0.29) is 5.92 Å². The molecule has 2 aliphatic rings. The summed E-state index contributed by atoms with van der Waals surface area (Å²) in [7, 11) is 0. The average Bonchev–Trinajstić information content (AvgIpc) is 2.26. The molecule has 0 aromatic rings. The van der Waals surface area contributed by atoms with Crippen LogP contribution in [0.4, 0.5) is 0 Å². The molecule has 1 fully saturated rings. The van der Waals surface area contributed by atoms with Crippen molar-refractivity contribution in [2.75, 3.05) is 0 Å². The lowest BCUT2D eigenvalue weighted by atomic mass is 9.61. The maximum Gasteiger partial charge on any atom is 0.331 e. The number of carboxylic acid groups (broad SMARTS) is 1. The van der Waals surface area contributed by atoms with E-state index in [2.05, 4.69) is 6.92 Å². The summed E-state index contributed by atoms with van der Waals surface area (Å²) in [4.78, 5) is 11.1. The Morgan fingerprint density at radius 1 is 1.39 bits per heavy atom. The third kappa shape index (κ3) is 2.61. The number of allylic oxidation sites excluding steroid dienone is 1. The molecule has 4 atom stereocenters. The van der Waals surface area contributed by atoms with Crippen molar-refractivity contribution >= 4 is 5.97 Å². The van der Waals surface area contributed by atoms with Gasteiger partial charge < -0.3 is 10.2 Å². The topological polar surface area (TPSA) is 57.5 Å². The first-order chi connectivity index (χ1) is 8.29. The van der Waals surface area contributed by atoms with Crippen molar-refractivity contribution in [3.8, 4) is 0 Å². The van der Waals surface area contributed by atoms with Gasteiger partial charge in [0.05, 0.1) is 5.60 Å². The number of carboxylic acids is 1. The van der Waals surface area contributed by atoms with Gasteiger partial charge in [0.15, 0.2) is 0 Å². The summed E-state index contributed by atoms with van der Waals surface area (Å²) in [5.41, 5.74) is -0.0895. The van der Waals surface area contributed by atoms with Crippen LogP contribution in [0.1, 0.15) is 46.5 Å². The first kappa shape index (κ1) is 13.6. The summed E-state index contributed by atoms with van der Waals surface area (Å²) in [6, 6.07) is 0. The van der Waals surface area contributed by atoms with E-state index in [0.29, 0.717) is 29.7 Å². The predicted molar refractivity (Wildman–Crippen MR) is 70.1 cm³/mol. The minimum Gasteiger partial charge on any atom is -0.478 e. The van der Waals surface area contributed by atoms with E-state index in [1.807, 2.05) is 19.9 Å². The molecule has 3 nitrogen and oxygen atoms in total. The second kappa shape index (κ2) is 4.69. The molecule has 1 saturated carbocycles. The number of aliphatic hydroxyl groups is 1. The van der Waals surface area contributed by atoms with Gasteiger partial charge in [-0.1, -0.05) is 13.0 Å². The molecule has 3 heteroatoms. The van der Waals surface area contributed by atoms with E-state index in [1.165, 1.54) is 0 Å². The van der Waals surface area contributed by atoms with E-state index >= 15 is 0 Å². The van der Waals surface area contributed by atoms with Gasteiger partial charge in [-0.15, -0.1) is 0 Å². The lowest BCUT2D eigenvalue weighted by Crippen LogP contribution is -2.41. The van der Waals surface area contributed by atoms with Gasteiger partial charge in [-0.25, -0.2) is 4.79 Å². The van der Waals surface area contributed by atoms with Gasteiger partial charge in [0, 0.05) is 5.57 Å². The zero-order valence-corrected chi connectivity index (χ0v) is 11.5. The van der Waals surface area contributed by atoms with Crippen LogP contribution in [0.2, 0.25) is 0 Å². The Hall–Kier alpha value is -0.830. The molecule has 0 heterocycles. The molecule has 0 spiro atoms. The second-order valence-electron chi connectivity index (χ2n) is 6.66. The fourth-order valence-corrected chi connectivity index (χ4v) is 3.75. The highest BCUT2D eigenvalue weighted by atomic mass is 16.4. The zero-order valence-electron chi connectivity index (χ0n) is 11.5. The third-order valence-corrected chi connectivity index (χ3v) is 4.93. The van der Waals surface area contributed by atoms with Crippen LogP contribution < -0.4 is 0 Å². The Morgan fingerprint density at radius 3 is 2.61 bits per heavy atom. The summed E-state index contributed by atoms with van der Waals surface area (Å²) in [5.74, 6) is 1.02. The highest BCUT2D eigenvalue weighted by Gasteiger charge is 2.41. The second-order valence-corrected chi connectivity index (χ2v) is 6.66. The van der Waals surface area contributed by atoms with Crippen molar-refractivity contribution < 1.29 is 15.0 Å². The normalized spacial score (nSPS) is 36.8. The van der Waals surface area contributed by atoms with Gasteiger partial charge in [0.2, 0.25) is 0 Å². The summed E-state index contributed by atoms with van der Waals surface area (Å²) < 4.78 is 0. The highest BCUT2D eigenvalue weighted by molar-refractivity contribution is 5.86. The van der Waals surface area contributed by atoms with Gasteiger partial charge >= 0.3 is 5.97 Å². The summed E-state index contributed by atoms with van der Waals surface area (Å²) in [5, 5.41) is 19.3. The van der Waals surface area contributed by atoms with Gasteiger partial charge in [0.25, 0.3) is 0 Å². The third-order valence-electron chi connectivity index (χ3n) is 4.93. The van der Waals surface area contributed by atoms with Crippen molar-refractivity contribution in [2.45, 2.75) is 52.1 Å². The van der Waals surface area contributed by atoms with Gasteiger partial charge in [-0.3, -0.25) is 0 Å². The number of hydrogen-bond acceptors (Lipinski definition) is 2. The van der Waals surface area contributed by atoms with Crippen molar-refractivity contribution in [3.63, 3.8) is 0 Å². The summed E-state index contributed by atoms with van der Waals surface area (Å²) in [6.45, 7) is 5.99. The molecule has 0 saturated heterocycles. The fraction of sp³-hybridized carbons (Fsp3) is 0.800. The van der Waals surface area contributed by atoms with Crippen LogP contribution in [0, 0.1) is 23.7 Å². The number of fused-ring (bicyclic) bond motifs is 1. The van der Waals surface area contributed by atoms with Crippen LogP contribution in [0.5, 0.6) is 0 Å². The largest absolute Gasteiger partial charge is 0.478 e. The molecule has 18 heavy (non-hydrogen) atoms. The first-order valence-electron chi connectivity index (χ1n) is 6.95. The Labute approximate surface area is 109 Å². The Bertz CT molecular complexity index is 364. The Morgan fingerprint density at radius 2 is 2.06 bits per heavy atom. The Balaban J connectivity index is 2.19. The van der Waals surface area contributed by atoms with E-state index < -0.39 is 11.6 Å². The lowest BCUT2D eigenvalue weighted by Gasteiger charge is -2.45. The van der Waals surface area contributed by atoms with Crippen molar-refractivity contribution in [2.24, 2.45) is 23.7 Å². The molecular formula is C15H24O3. The van der Waals surface area contributed by atoms with Gasteiger partial charge in [-0.05, 0) is 63.2 Å². The monoisotopic (exact) mass is 252 g/mol. The predicted octanol–water partition coefficient (Wildman–Crippen LogP) is 2.84. The van der Waals surface area contributed by atoms with Gasteiger partial charge in [-0.2, -0.15) is 0 Å². The molecule has 0 bridgehead atoms. The zero-order chi connectivity index (χ0) is 13.5. The molecule has 2 aliphatic carbocycles. The molecule has 2 N–H and O–H groups in total. The first-order valence-corrected chi connectivity index (χ1v) is 6.95. The van der Waals surface area contributed by atoms with Crippen LogP contribution in [0.15, 0.2) is 11.6 Å². The molecule has 0 unspecified atom stereocenters. The summed E-state index contributed by atoms with van der Waals surface area (Å²) in [6.07, 6.45) is 5.64. The number of aliphatic carboxylic acids is 1. The number of rotatable bonds is 2. The maximum absolute atomic E-state index is 11.1. The minimum absolute atomic E-state index is 0.276. The van der Waals surface area contributed by atoms with Crippen molar-refractivity contribution in [3.05, 3.63) is 11.6 Å². The quantitative estimate of drug-likeness (QED) is 0.794. The highest BCUT2D eigenvalue weighted by Crippen LogP contribution is 2.47.